The molecule has 0 fully saturated rings. The first-order valence-corrected chi connectivity index (χ1v) is 5.67. The summed E-state index contributed by atoms with van der Waals surface area (Å²) in [7, 11) is 0. The fraction of sp³-hybridized carbons (Fsp3) is 1.00. The first kappa shape index (κ1) is 13.0. The maximum Gasteiger partial charge on any atom is 0.0153 e. The van der Waals surface area contributed by atoms with E-state index in [9.17, 15) is 0 Å². The minimum atomic E-state index is 0.346. The lowest BCUT2D eigenvalue weighted by atomic mass is 9.89. The molecule has 0 aromatic carbocycles. The Kier molecular flexibility index (Phi) is 5.62. The number of hydrogen-bond donors (Lipinski definition) is 1. The van der Waals surface area contributed by atoms with Gasteiger partial charge in [-0.15, -0.1) is 0 Å². The van der Waals surface area contributed by atoms with Crippen LogP contribution in [-0.4, -0.2) is 11.6 Å². The predicted octanol–water partition coefficient (Wildman–Crippen LogP) is 3.59. The standard InChI is InChI=1S/C12H27N/c1-7-12(6,13-11(4)5)9-8-10(2)3/h10-11,13H,7-9H2,1-6H3. The summed E-state index contributed by atoms with van der Waals surface area (Å²) < 4.78 is 0. The van der Waals surface area contributed by atoms with Crippen LogP contribution in [0.3, 0.4) is 0 Å². The van der Waals surface area contributed by atoms with E-state index in [0.717, 1.165) is 5.92 Å². The van der Waals surface area contributed by atoms with E-state index in [-0.39, 0.29) is 0 Å². The van der Waals surface area contributed by atoms with E-state index in [1.807, 2.05) is 0 Å². The molecule has 1 N–H and O–H groups in total. The van der Waals surface area contributed by atoms with Gasteiger partial charge in [0.05, 0.1) is 0 Å². The Balaban J connectivity index is 3.96. The molecule has 0 spiro atoms. The molecular formula is C12H27N. The minimum Gasteiger partial charge on any atom is -0.309 e. The van der Waals surface area contributed by atoms with Crippen LogP contribution in [0.4, 0.5) is 0 Å². The Morgan fingerprint density at radius 2 is 1.69 bits per heavy atom. The summed E-state index contributed by atoms with van der Waals surface area (Å²) in [6.07, 6.45) is 3.83. The Labute approximate surface area is 84.3 Å². The molecule has 0 aliphatic carbocycles. The zero-order chi connectivity index (χ0) is 10.5. The van der Waals surface area contributed by atoms with E-state index in [2.05, 4.69) is 46.9 Å². The maximum atomic E-state index is 3.66. The maximum absolute atomic E-state index is 3.66. The van der Waals surface area contributed by atoms with Crippen molar-refractivity contribution < 1.29 is 0 Å². The van der Waals surface area contributed by atoms with Crippen molar-refractivity contribution in [1.29, 1.82) is 0 Å². The highest BCUT2D eigenvalue weighted by atomic mass is 15.0. The second kappa shape index (κ2) is 5.64. The molecule has 0 saturated carbocycles. The molecule has 0 aromatic heterocycles. The molecule has 1 unspecified atom stereocenters. The van der Waals surface area contributed by atoms with Crippen molar-refractivity contribution in [3.63, 3.8) is 0 Å². The number of hydrogen-bond acceptors (Lipinski definition) is 1. The highest BCUT2D eigenvalue weighted by Crippen LogP contribution is 2.20. The summed E-state index contributed by atoms with van der Waals surface area (Å²) in [5, 5.41) is 3.66. The van der Waals surface area contributed by atoms with Crippen molar-refractivity contribution in [1.82, 2.24) is 5.32 Å². The van der Waals surface area contributed by atoms with Crippen LogP contribution in [0.2, 0.25) is 0 Å². The van der Waals surface area contributed by atoms with E-state index in [4.69, 9.17) is 0 Å². The van der Waals surface area contributed by atoms with Gasteiger partial charge in [-0.2, -0.15) is 0 Å². The van der Waals surface area contributed by atoms with E-state index in [1.54, 1.807) is 0 Å². The Hall–Kier alpha value is -0.0400. The minimum absolute atomic E-state index is 0.346. The highest BCUT2D eigenvalue weighted by molar-refractivity contribution is 4.83. The molecule has 0 heterocycles. The molecule has 0 amide bonds. The number of nitrogens with one attached hydrogen (secondary N) is 1. The quantitative estimate of drug-likeness (QED) is 0.667. The molecule has 1 nitrogen and oxygen atoms in total. The summed E-state index contributed by atoms with van der Waals surface area (Å²) in [5.41, 5.74) is 0.346. The fourth-order valence-corrected chi connectivity index (χ4v) is 1.66. The molecule has 13 heavy (non-hydrogen) atoms. The molecule has 1 atom stereocenters. The van der Waals surface area contributed by atoms with Gasteiger partial charge in [0.2, 0.25) is 0 Å². The Morgan fingerprint density at radius 3 is 2.00 bits per heavy atom. The van der Waals surface area contributed by atoms with Gasteiger partial charge in [0.1, 0.15) is 0 Å². The van der Waals surface area contributed by atoms with Crippen LogP contribution >= 0.6 is 0 Å². The molecule has 0 aliphatic rings. The molecule has 1 heteroatoms. The molecule has 0 aliphatic heterocycles. The molecule has 0 aromatic rings. The molecular weight excluding hydrogens is 158 g/mol. The van der Waals surface area contributed by atoms with Crippen LogP contribution in [0.5, 0.6) is 0 Å². The Bertz CT molecular complexity index is 129. The van der Waals surface area contributed by atoms with Gasteiger partial charge in [0.15, 0.2) is 0 Å². The summed E-state index contributed by atoms with van der Waals surface area (Å²) in [5.74, 6) is 0.819. The van der Waals surface area contributed by atoms with E-state index in [0.29, 0.717) is 11.6 Å². The van der Waals surface area contributed by atoms with Crippen molar-refractivity contribution in [2.45, 2.75) is 72.4 Å². The summed E-state index contributed by atoms with van der Waals surface area (Å²) >= 11 is 0. The van der Waals surface area contributed by atoms with Crippen LogP contribution in [0.1, 0.15) is 60.8 Å². The largest absolute Gasteiger partial charge is 0.309 e. The third kappa shape index (κ3) is 6.09. The van der Waals surface area contributed by atoms with Gasteiger partial charge in [-0.3, -0.25) is 0 Å². The summed E-state index contributed by atoms with van der Waals surface area (Å²) in [6.45, 7) is 13.7. The van der Waals surface area contributed by atoms with Gasteiger partial charge in [0.25, 0.3) is 0 Å². The Morgan fingerprint density at radius 1 is 1.15 bits per heavy atom. The van der Waals surface area contributed by atoms with Gasteiger partial charge in [-0.1, -0.05) is 34.6 Å². The lowest BCUT2D eigenvalue weighted by Crippen LogP contribution is -2.45. The second-order valence-electron chi connectivity index (χ2n) is 5.15. The van der Waals surface area contributed by atoms with Crippen molar-refractivity contribution in [2.75, 3.05) is 0 Å². The zero-order valence-corrected chi connectivity index (χ0v) is 10.3. The molecule has 0 rings (SSSR count). The monoisotopic (exact) mass is 185 g/mol. The number of rotatable bonds is 6. The average molecular weight is 185 g/mol. The third-order valence-electron chi connectivity index (χ3n) is 2.69. The van der Waals surface area contributed by atoms with Crippen molar-refractivity contribution >= 4 is 0 Å². The van der Waals surface area contributed by atoms with Crippen LogP contribution in [0.15, 0.2) is 0 Å². The molecule has 0 radical (unpaired) electrons. The first-order chi connectivity index (χ1) is 5.89. The van der Waals surface area contributed by atoms with Crippen molar-refractivity contribution in [3.8, 4) is 0 Å². The third-order valence-corrected chi connectivity index (χ3v) is 2.69. The van der Waals surface area contributed by atoms with Gasteiger partial charge in [-0.05, 0) is 32.1 Å². The van der Waals surface area contributed by atoms with Gasteiger partial charge in [-0.25, -0.2) is 0 Å². The van der Waals surface area contributed by atoms with Crippen molar-refractivity contribution in [2.24, 2.45) is 5.92 Å². The summed E-state index contributed by atoms with van der Waals surface area (Å²) in [6, 6.07) is 0.595. The second-order valence-corrected chi connectivity index (χ2v) is 5.15. The topological polar surface area (TPSA) is 12.0 Å². The smallest absolute Gasteiger partial charge is 0.0153 e. The van der Waals surface area contributed by atoms with Crippen LogP contribution in [-0.2, 0) is 0 Å². The summed E-state index contributed by atoms with van der Waals surface area (Å²) in [4.78, 5) is 0. The zero-order valence-electron chi connectivity index (χ0n) is 10.3. The van der Waals surface area contributed by atoms with Gasteiger partial charge >= 0.3 is 0 Å². The van der Waals surface area contributed by atoms with E-state index in [1.165, 1.54) is 19.3 Å². The van der Waals surface area contributed by atoms with Gasteiger partial charge in [0, 0.05) is 11.6 Å². The lowest BCUT2D eigenvalue weighted by Gasteiger charge is -2.32. The van der Waals surface area contributed by atoms with E-state index < -0.39 is 0 Å². The van der Waals surface area contributed by atoms with Crippen LogP contribution in [0, 0.1) is 5.92 Å². The van der Waals surface area contributed by atoms with Crippen molar-refractivity contribution in [3.05, 3.63) is 0 Å². The predicted molar refractivity (Wildman–Crippen MR) is 61.0 cm³/mol. The first-order valence-electron chi connectivity index (χ1n) is 5.67. The fourth-order valence-electron chi connectivity index (χ4n) is 1.66. The normalized spacial score (nSPS) is 16.6. The van der Waals surface area contributed by atoms with Crippen LogP contribution in [0.25, 0.3) is 0 Å². The van der Waals surface area contributed by atoms with E-state index >= 15 is 0 Å². The lowest BCUT2D eigenvalue weighted by molar-refractivity contribution is 0.275. The van der Waals surface area contributed by atoms with Crippen LogP contribution < -0.4 is 5.32 Å². The highest BCUT2D eigenvalue weighted by Gasteiger charge is 2.22. The molecule has 0 bridgehead atoms. The SMILES string of the molecule is CCC(C)(CCC(C)C)NC(C)C. The molecule has 80 valence electrons. The molecule has 0 saturated heterocycles. The van der Waals surface area contributed by atoms with Gasteiger partial charge < -0.3 is 5.32 Å². The average Bonchev–Trinajstić information content (AvgIpc) is 2.00.